The Morgan fingerprint density at radius 2 is 1.87 bits per heavy atom. The minimum Gasteiger partial charge on any atom is -0.456 e. The van der Waals surface area contributed by atoms with E-state index in [0.29, 0.717) is 11.6 Å². The van der Waals surface area contributed by atoms with E-state index in [2.05, 4.69) is 4.98 Å². The Hall–Kier alpha value is -1.54. The lowest BCUT2D eigenvalue weighted by Crippen LogP contribution is -1.87. The molecule has 0 atom stereocenters. The third-order valence-electron chi connectivity index (χ3n) is 1.90. The summed E-state index contributed by atoms with van der Waals surface area (Å²) < 4.78 is 5.60. The van der Waals surface area contributed by atoms with Crippen LogP contribution < -0.4 is 4.74 Å². The van der Waals surface area contributed by atoms with Gasteiger partial charge in [-0.2, -0.15) is 0 Å². The van der Waals surface area contributed by atoms with Gasteiger partial charge in [-0.05, 0) is 23.8 Å². The van der Waals surface area contributed by atoms with Crippen LogP contribution in [0.3, 0.4) is 0 Å². The average Bonchev–Trinajstić information content (AvgIpc) is 2.31. The van der Waals surface area contributed by atoms with Crippen LogP contribution in [0.5, 0.6) is 11.5 Å². The number of hydrogen-bond acceptors (Lipinski definition) is 2. The van der Waals surface area contributed by atoms with Crippen LogP contribution in [0.2, 0.25) is 0 Å². The standard InChI is InChI=1S/C12H10ClNO/c13-7-10-6-12(9-14-8-10)15-11-4-2-1-3-5-11/h1-6,8-9H,7H2. The van der Waals surface area contributed by atoms with Gasteiger partial charge in [0, 0.05) is 12.1 Å². The minimum atomic E-state index is 0.443. The first kappa shape index (κ1) is 9.99. The van der Waals surface area contributed by atoms with Crippen LogP contribution in [0.4, 0.5) is 0 Å². The third-order valence-corrected chi connectivity index (χ3v) is 2.21. The molecule has 0 fully saturated rings. The van der Waals surface area contributed by atoms with Gasteiger partial charge in [0.15, 0.2) is 0 Å². The molecule has 0 spiro atoms. The number of halogens is 1. The molecule has 2 aromatic rings. The summed E-state index contributed by atoms with van der Waals surface area (Å²) in [4.78, 5) is 4.04. The second-order valence-corrected chi connectivity index (χ2v) is 3.34. The van der Waals surface area contributed by atoms with Crippen molar-refractivity contribution in [3.05, 3.63) is 54.4 Å². The fourth-order valence-electron chi connectivity index (χ4n) is 1.22. The van der Waals surface area contributed by atoms with E-state index >= 15 is 0 Å². The Balaban J connectivity index is 2.17. The summed E-state index contributed by atoms with van der Waals surface area (Å²) in [5, 5.41) is 0. The molecule has 76 valence electrons. The van der Waals surface area contributed by atoms with Gasteiger partial charge in [0.2, 0.25) is 0 Å². The van der Waals surface area contributed by atoms with Gasteiger partial charge in [0.25, 0.3) is 0 Å². The zero-order chi connectivity index (χ0) is 10.5. The predicted molar refractivity (Wildman–Crippen MR) is 60.3 cm³/mol. The van der Waals surface area contributed by atoms with Gasteiger partial charge in [-0.25, -0.2) is 0 Å². The first-order chi connectivity index (χ1) is 7.38. The molecule has 0 aliphatic carbocycles. The highest BCUT2D eigenvalue weighted by Crippen LogP contribution is 2.21. The zero-order valence-electron chi connectivity index (χ0n) is 8.06. The maximum absolute atomic E-state index is 5.71. The topological polar surface area (TPSA) is 22.1 Å². The molecular formula is C12H10ClNO. The molecule has 0 saturated carbocycles. The van der Waals surface area contributed by atoms with Crippen molar-refractivity contribution in [3.63, 3.8) is 0 Å². The van der Waals surface area contributed by atoms with Crippen LogP contribution in [0, 0.1) is 0 Å². The highest BCUT2D eigenvalue weighted by molar-refractivity contribution is 6.17. The smallest absolute Gasteiger partial charge is 0.146 e. The van der Waals surface area contributed by atoms with Gasteiger partial charge in [0.05, 0.1) is 6.20 Å². The number of nitrogens with zero attached hydrogens (tertiary/aromatic N) is 1. The van der Waals surface area contributed by atoms with Crippen molar-refractivity contribution in [2.45, 2.75) is 5.88 Å². The fraction of sp³-hybridized carbons (Fsp3) is 0.0833. The van der Waals surface area contributed by atoms with Gasteiger partial charge >= 0.3 is 0 Å². The number of ether oxygens (including phenoxy) is 1. The van der Waals surface area contributed by atoms with Crippen molar-refractivity contribution >= 4 is 11.6 Å². The van der Waals surface area contributed by atoms with Gasteiger partial charge < -0.3 is 4.74 Å². The number of rotatable bonds is 3. The lowest BCUT2D eigenvalue weighted by molar-refractivity contribution is 0.480. The lowest BCUT2D eigenvalue weighted by Gasteiger charge is -2.05. The molecule has 0 saturated heterocycles. The molecule has 3 heteroatoms. The summed E-state index contributed by atoms with van der Waals surface area (Å²) in [5.41, 5.74) is 0.949. The third kappa shape index (κ3) is 2.70. The molecule has 0 radical (unpaired) electrons. The van der Waals surface area contributed by atoms with Crippen LogP contribution in [0.15, 0.2) is 48.8 Å². The van der Waals surface area contributed by atoms with Crippen molar-refractivity contribution in [2.24, 2.45) is 0 Å². The van der Waals surface area contributed by atoms with Crippen LogP contribution >= 0.6 is 11.6 Å². The Labute approximate surface area is 93.5 Å². The van der Waals surface area contributed by atoms with Crippen LogP contribution in [-0.2, 0) is 5.88 Å². The fourth-order valence-corrected chi connectivity index (χ4v) is 1.36. The first-order valence-electron chi connectivity index (χ1n) is 4.61. The second-order valence-electron chi connectivity index (χ2n) is 3.08. The van der Waals surface area contributed by atoms with Crippen molar-refractivity contribution < 1.29 is 4.74 Å². The van der Waals surface area contributed by atoms with Crippen molar-refractivity contribution in [1.82, 2.24) is 4.98 Å². The van der Waals surface area contributed by atoms with Crippen LogP contribution in [0.1, 0.15) is 5.56 Å². The molecule has 2 rings (SSSR count). The maximum Gasteiger partial charge on any atom is 0.146 e. The highest BCUT2D eigenvalue weighted by Gasteiger charge is 1.98. The van der Waals surface area contributed by atoms with E-state index in [0.717, 1.165) is 11.3 Å². The lowest BCUT2D eigenvalue weighted by atomic mass is 10.3. The number of benzene rings is 1. The SMILES string of the molecule is ClCc1cncc(Oc2ccccc2)c1. The van der Waals surface area contributed by atoms with Gasteiger partial charge in [0.1, 0.15) is 11.5 Å². The van der Waals surface area contributed by atoms with Crippen molar-refractivity contribution in [2.75, 3.05) is 0 Å². The number of aromatic nitrogens is 1. The average molecular weight is 220 g/mol. The largest absolute Gasteiger partial charge is 0.456 e. The minimum absolute atomic E-state index is 0.443. The first-order valence-corrected chi connectivity index (χ1v) is 5.15. The summed E-state index contributed by atoms with van der Waals surface area (Å²) in [6.07, 6.45) is 3.40. The van der Waals surface area contributed by atoms with Gasteiger partial charge in [-0.3, -0.25) is 4.98 Å². The Kier molecular flexibility index (Phi) is 3.20. The number of alkyl halides is 1. The van der Waals surface area contributed by atoms with Gasteiger partial charge in [-0.15, -0.1) is 11.6 Å². The Bertz CT molecular complexity index is 431. The molecule has 0 amide bonds. The van der Waals surface area contributed by atoms with Crippen molar-refractivity contribution in [3.8, 4) is 11.5 Å². The molecule has 2 nitrogen and oxygen atoms in total. The predicted octanol–water partition coefficient (Wildman–Crippen LogP) is 3.61. The highest BCUT2D eigenvalue weighted by atomic mass is 35.5. The quantitative estimate of drug-likeness (QED) is 0.736. The second kappa shape index (κ2) is 4.80. The van der Waals surface area contributed by atoms with Crippen LogP contribution in [-0.4, -0.2) is 4.98 Å². The number of hydrogen-bond donors (Lipinski definition) is 0. The van der Waals surface area contributed by atoms with E-state index in [1.54, 1.807) is 12.4 Å². The summed E-state index contributed by atoms with van der Waals surface area (Å²) in [7, 11) is 0. The molecule has 1 aromatic heterocycles. The van der Waals surface area contributed by atoms with E-state index in [9.17, 15) is 0 Å². The number of para-hydroxylation sites is 1. The summed E-state index contributed by atoms with van der Waals surface area (Å²) in [6, 6.07) is 11.5. The monoisotopic (exact) mass is 219 g/mol. The molecule has 1 heterocycles. The molecule has 1 aromatic carbocycles. The molecule has 0 aliphatic rings. The van der Waals surface area contributed by atoms with Gasteiger partial charge in [-0.1, -0.05) is 18.2 Å². The summed E-state index contributed by atoms with van der Waals surface area (Å²) in [6.45, 7) is 0. The molecular weight excluding hydrogens is 210 g/mol. The van der Waals surface area contributed by atoms with Crippen LogP contribution in [0.25, 0.3) is 0 Å². The molecule has 15 heavy (non-hydrogen) atoms. The van der Waals surface area contributed by atoms with E-state index in [1.807, 2.05) is 36.4 Å². The molecule has 0 N–H and O–H groups in total. The molecule has 0 unspecified atom stereocenters. The number of pyridine rings is 1. The Morgan fingerprint density at radius 3 is 2.60 bits per heavy atom. The van der Waals surface area contributed by atoms with E-state index in [4.69, 9.17) is 16.3 Å². The van der Waals surface area contributed by atoms with E-state index in [-0.39, 0.29) is 0 Å². The van der Waals surface area contributed by atoms with Crippen molar-refractivity contribution in [1.29, 1.82) is 0 Å². The maximum atomic E-state index is 5.71. The molecule has 0 bridgehead atoms. The summed E-state index contributed by atoms with van der Waals surface area (Å²) >= 11 is 5.71. The Morgan fingerprint density at radius 1 is 1.07 bits per heavy atom. The molecule has 0 aliphatic heterocycles. The van der Waals surface area contributed by atoms with E-state index in [1.165, 1.54) is 0 Å². The normalized spacial score (nSPS) is 9.93. The van der Waals surface area contributed by atoms with E-state index < -0.39 is 0 Å². The zero-order valence-corrected chi connectivity index (χ0v) is 8.82. The summed E-state index contributed by atoms with van der Waals surface area (Å²) in [5.74, 6) is 1.95.